The number of halogens is 1. The number of rotatable bonds is 3. The van der Waals surface area contributed by atoms with Crippen molar-refractivity contribution in [1.82, 2.24) is 0 Å². The minimum atomic E-state index is -0.443. The molecule has 0 N–H and O–H groups in total. The molecule has 0 saturated heterocycles. The molecule has 1 aromatic rings. The average molecular weight is 282 g/mol. The molecule has 0 fully saturated rings. The summed E-state index contributed by atoms with van der Waals surface area (Å²) >= 11 is 3.32. The summed E-state index contributed by atoms with van der Waals surface area (Å²) in [5.74, 6) is -0.443. The van der Waals surface area contributed by atoms with Crippen LogP contribution in [-0.4, -0.2) is 12.6 Å². The summed E-state index contributed by atoms with van der Waals surface area (Å²) in [6, 6.07) is 5.52. The number of ether oxygens (including phenoxy) is 1. The van der Waals surface area contributed by atoms with Gasteiger partial charge >= 0.3 is 5.97 Å². The normalized spacial score (nSPS) is 9.62. The van der Waals surface area contributed by atoms with Crippen molar-refractivity contribution >= 4 is 21.9 Å². The van der Waals surface area contributed by atoms with Crippen LogP contribution in [0.4, 0.5) is 0 Å². The molecule has 16 heavy (non-hydrogen) atoms. The molecule has 0 atom stereocenters. The van der Waals surface area contributed by atoms with Crippen LogP contribution in [0.1, 0.15) is 34.0 Å². The van der Waals surface area contributed by atoms with Crippen molar-refractivity contribution in [3.63, 3.8) is 0 Å². The van der Waals surface area contributed by atoms with Gasteiger partial charge in [0.15, 0.2) is 0 Å². The summed E-state index contributed by atoms with van der Waals surface area (Å²) in [6.45, 7) is 3.96. The number of nitrogens with zero attached hydrogens (tertiary/aromatic N) is 1. The number of carbonyl (C=O) groups is 1. The number of hydrogen-bond donors (Lipinski definition) is 0. The van der Waals surface area contributed by atoms with Gasteiger partial charge in [0.25, 0.3) is 0 Å². The molecule has 0 radical (unpaired) electrons. The highest BCUT2D eigenvalue weighted by atomic mass is 79.9. The van der Waals surface area contributed by atoms with Gasteiger partial charge in [-0.1, -0.05) is 22.0 Å². The molecule has 0 aromatic heterocycles. The molecular formula is C12H12BrNO2. The zero-order valence-electron chi connectivity index (χ0n) is 9.21. The predicted molar refractivity (Wildman–Crippen MR) is 64.5 cm³/mol. The van der Waals surface area contributed by atoms with Gasteiger partial charge in [0.2, 0.25) is 0 Å². The fraction of sp³-hybridized carbons (Fsp3) is 0.333. The second kappa shape index (κ2) is 5.66. The van der Waals surface area contributed by atoms with E-state index < -0.39 is 5.97 Å². The molecule has 1 rings (SSSR count). The van der Waals surface area contributed by atoms with Crippen molar-refractivity contribution in [2.24, 2.45) is 0 Å². The van der Waals surface area contributed by atoms with Crippen LogP contribution >= 0.6 is 15.9 Å². The van der Waals surface area contributed by atoms with Crippen molar-refractivity contribution in [1.29, 1.82) is 5.26 Å². The highest BCUT2D eigenvalue weighted by Gasteiger charge is 2.16. The first kappa shape index (κ1) is 12.7. The molecule has 3 nitrogen and oxygen atoms in total. The molecular weight excluding hydrogens is 270 g/mol. The van der Waals surface area contributed by atoms with Gasteiger partial charge in [-0.3, -0.25) is 0 Å². The fourth-order valence-electron chi connectivity index (χ4n) is 1.43. The Kier molecular flexibility index (Phi) is 4.51. The Morgan fingerprint density at radius 3 is 2.75 bits per heavy atom. The monoisotopic (exact) mass is 281 g/mol. The summed E-state index contributed by atoms with van der Waals surface area (Å²) in [6.07, 6.45) is 0. The zero-order chi connectivity index (χ0) is 12.1. The molecule has 0 saturated carbocycles. The summed E-state index contributed by atoms with van der Waals surface area (Å²) in [7, 11) is 0. The van der Waals surface area contributed by atoms with Crippen LogP contribution in [0.5, 0.6) is 0 Å². The molecule has 0 heterocycles. The summed E-state index contributed by atoms with van der Waals surface area (Å²) in [4.78, 5) is 11.6. The Hall–Kier alpha value is -1.34. The zero-order valence-corrected chi connectivity index (χ0v) is 10.8. The lowest BCUT2D eigenvalue weighted by Gasteiger charge is -2.09. The van der Waals surface area contributed by atoms with Gasteiger partial charge in [0.1, 0.15) is 6.07 Å². The van der Waals surface area contributed by atoms with E-state index in [2.05, 4.69) is 22.0 Å². The molecule has 84 valence electrons. The number of carbonyl (C=O) groups excluding carboxylic acids is 1. The maximum atomic E-state index is 11.6. The Bertz CT molecular complexity index is 449. The molecule has 0 spiro atoms. The van der Waals surface area contributed by atoms with E-state index in [9.17, 15) is 4.79 Å². The topological polar surface area (TPSA) is 50.1 Å². The molecule has 4 heteroatoms. The lowest BCUT2D eigenvalue weighted by Crippen LogP contribution is -2.09. The van der Waals surface area contributed by atoms with Gasteiger partial charge < -0.3 is 4.74 Å². The Labute approximate surface area is 103 Å². The Morgan fingerprint density at radius 1 is 1.56 bits per heavy atom. The van der Waals surface area contributed by atoms with Gasteiger partial charge in [0.05, 0.1) is 17.7 Å². The number of hydrogen-bond acceptors (Lipinski definition) is 3. The number of benzene rings is 1. The first-order valence-electron chi connectivity index (χ1n) is 4.91. The van der Waals surface area contributed by atoms with Gasteiger partial charge in [-0.2, -0.15) is 5.26 Å². The lowest BCUT2D eigenvalue weighted by atomic mass is 9.98. The molecule has 0 amide bonds. The molecule has 0 unspecified atom stereocenters. The summed E-state index contributed by atoms with van der Waals surface area (Å²) < 4.78 is 4.90. The molecule has 1 aromatic carbocycles. The third-order valence-corrected chi connectivity index (χ3v) is 2.85. The van der Waals surface area contributed by atoms with Gasteiger partial charge in [-0.15, -0.1) is 0 Å². The van der Waals surface area contributed by atoms with Crippen LogP contribution in [0.25, 0.3) is 0 Å². The van der Waals surface area contributed by atoms with E-state index in [4.69, 9.17) is 10.00 Å². The van der Waals surface area contributed by atoms with Crippen molar-refractivity contribution in [2.75, 3.05) is 6.61 Å². The predicted octanol–water partition coefficient (Wildman–Crippen LogP) is 2.94. The number of aryl methyl sites for hydroxylation is 1. The van der Waals surface area contributed by atoms with Crippen LogP contribution in [-0.2, 0) is 10.1 Å². The third kappa shape index (κ3) is 2.42. The first-order chi connectivity index (χ1) is 7.65. The fourth-order valence-corrected chi connectivity index (χ4v) is 2.15. The average Bonchev–Trinajstić information content (AvgIpc) is 2.28. The van der Waals surface area contributed by atoms with E-state index in [0.29, 0.717) is 23.1 Å². The standard InChI is InChI=1S/C12H12BrNO2/c1-3-16-12(15)9-5-4-8(2)10(6-13)11(9)7-14/h4-5H,3,6H2,1-2H3. The summed E-state index contributed by atoms with van der Waals surface area (Å²) in [5.41, 5.74) is 2.56. The second-order valence-electron chi connectivity index (χ2n) is 3.25. The quantitative estimate of drug-likeness (QED) is 0.632. The van der Waals surface area contributed by atoms with E-state index in [1.165, 1.54) is 0 Å². The Balaban J connectivity index is 3.31. The minimum Gasteiger partial charge on any atom is -0.462 e. The van der Waals surface area contributed by atoms with Gasteiger partial charge in [0, 0.05) is 5.33 Å². The number of esters is 1. The van der Waals surface area contributed by atoms with Crippen LogP contribution < -0.4 is 0 Å². The molecule has 0 bridgehead atoms. The smallest absolute Gasteiger partial charge is 0.339 e. The maximum absolute atomic E-state index is 11.6. The molecule has 0 aliphatic carbocycles. The third-order valence-electron chi connectivity index (χ3n) is 2.29. The van der Waals surface area contributed by atoms with E-state index in [-0.39, 0.29) is 0 Å². The highest BCUT2D eigenvalue weighted by Crippen LogP contribution is 2.21. The number of nitriles is 1. The van der Waals surface area contributed by atoms with Crippen molar-refractivity contribution in [2.45, 2.75) is 19.2 Å². The van der Waals surface area contributed by atoms with E-state index in [1.807, 2.05) is 13.0 Å². The van der Waals surface area contributed by atoms with Crippen molar-refractivity contribution < 1.29 is 9.53 Å². The Morgan fingerprint density at radius 2 is 2.25 bits per heavy atom. The SMILES string of the molecule is CCOC(=O)c1ccc(C)c(CBr)c1C#N. The summed E-state index contributed by atoms with van der Waals surface area (Å²) in [5, 5.41) is 9.64. The van der Waals surface area contributed by atoms with Crippen LogP contribution in [0.2, 0.25) is 0 Å². The van der Waals surface area contributed by atoms with Crippen LogP contribution in [0.15, 0.2) is 12.1 Å². The largest absolute Gasteiger partial charge is 0.462 e. The van der Waals surface area contributed by atoms with Crippen LogP contribution in [0, 0.1) is 18.3 Å². The maximum Gasteiger partial charge on any atom is 0.339 e. The van der Waals surface area contributed by atoms with E-state index in [1.54, 1.807) is 13.0 Å². The van der Waals surface area contributed by atoms with Crippen molar-refractivity contribution in [3.8, 4) is 6.07 Å². The first-order valence-corrected chi connectivity index (χ1v) is 6.03. The van der Waals surface area contributed by atoms with Crippen LogP contribution in [0.3, 0.4) is 0 Å². The minimum absolute atomic E-state index is 0.307. The van der Waals surface area contributed by atoms with Gasteiger partial charge in [-0.05, 0) is 31.0 Å². The van der Waals surface area contributed by atoms with E-state index >= 15 is 0 Å². The van der Waals surface area contributed by atoms with Gasteiger partial charge in [-0.25, -0.2) is 4.79 Å². The van der Waals surface area contributed by atoms with E-state index in [0.717, 1.165) is 11.1 Å². The second-order valence-corrected chi connectivity index (χ2v) is 3.81. The number of alkyl halides is 1. The molecule has 0 aliphatic heterocycles. The highest BCUT2D eigenvalue weighted by molar-refractivity contribution is 9.08. The molecule has 0 aliphatic rings. The lowest BCUT2D eigenvalue weighted by molar-refractivity contribution is 0.0526. The van der Waals surface area contributed by atoms with Crippen molar-refractivity contribution in [3.05, 3.63) is 34.4 Å².